The Bertz CT molecular complexity index is 159. The fourth-order valence-corrected chi connectivity index (χ4v) is 3.14. The van der Waals surface area contributed by atoms with Gasteiger partial charge >= 0.3 is 0 Å². The standard InChI is InChI=1S/C20H42/c1-5-7-9-11-16-20(17-12-10-8-6-2)18-14-13-15-19(3)4/h19-20H,5-18H2,1-4H3. The largest absolute Gasteiger partial charge is 0.0654 e. The van der Waals surface area contributed by atoms with Crippen molar-refractivity contribution in [1.82, 2.24) is 0 Å². The van der Waals surface area contributed by atoms with Gasteiger partial charge in [0.25, 0.3) is 0 Å². The summed E-state index contributed by atoms with van der Waals surface area (Å²) in [6.45, 7) is 9.34. The van der Waals surface area contributed by atoms with Crippen LogP contribution in [0.25, 0.3) is 0 Å². The van der Waals surface area contributed by atoms with Crippen molar-refractivity contribution in [2.24, 2.45) is 11.8 Å². The highest BCUT2D eigenvalue weighted by Gasteiger charge is 2.08. The van der Waals surface area contributed by atoms with E-state index in [-0.39, 0.29) is 0 Å². The molecule has 0 amide bonds. The first-order chi connectivity index (χ1) is 9.70. The highest BCUT2D eigenvalue weighted by molar-refractivity contribution is 4.62. The molecule has 0 spiro atoms. The monoisotopic (exact) mass is 282 g/mol. The van der Waals surface area contributed by atoms with Gasteiger partial charge in [-0.15, -0.1) is 0 Å². The molecule has 0 bridgehead atoms. The van der Waals surface area contributed by atoms with Crippen LogP contribution in [0.15, 0.2) is 0 Å². The van der Waals surface area contributed by atoms with E-state index >= 15 is 0 Å². The maximum Gasteiger partial charge on any atom is -0.0414 e. The lowest BCUT2D eigenvalue weighted by atomic mass is 9.89. The first kappa shape index (κ1) is 20.0. The van der Waals surface area contributed by atoms with Gasteiger partial charge in [-0.3, -0.25) is 0 Å². The normalized spacial score (nSPS) is 11.7. The highest BCUT2D eigenvalue weighted by atomic mass is 14.1. The van der Waals surface area contributed by atoms with Gasteiger partial charge in [-0.2, -0.15) is 0 Å². The molecule has 0 unspecified atom stereocenters. The van der Waals surface area contributed by atoms with Crippen LogP contribution >= 0.6 is 0 Å². The van der Waals surface area contributed by atoms with E-state index in [9.17, 15) is 0 Å². The first-order valence-electron chi connectivity index (χ1n) is 9.70. The third-order valence-corrected chi connectivity index (χ3v) is 4.58. The number of rotatable bonds is 15. The predicted octanol–water partition coefficient (Wildman–Crippen LogP) is 7.76. The van der Waals surface area contributed by atoms with Crippen molar-refractivity contribution in [1.29, 1.82) is 0 Å². The maximum atomic E-state index is 2.35. The van der Waals surface area contributed by atoms with Crippen LogP contribution in [0, 0.1) is 11.8 Å². The Balaban J connectivity index is 3.73. The molecule has 0 radical (unpaired) electrons. The van der Waals surface area contributed by atoms with E-state index in [4.69, 9.17) is 0 Å². The van der Waals surface area contributed by atoms with Crippen molar-refractivity contribution < 1.29 is 0 Å². The number of hydrogen-bond donors (Lipinski definition) is 0. The van der Waals surface area contributed by atoms with Crippen LogP contribution in [0.3, 0.4) is 0 Å². The minimum absolute atomic E-state index is 0.891. The molecule has 122 valence electrons. The van der Waals surface area contributed by atoms with Crippen LogP contribution < -0.4 is 0 Å². The Morgan fingerprint density at radius 3 is 1.30 bits per heavy atom. The highest BCUT2D eigenvalue weighted by Crippen LogP contribution is 2.24. The SMILES string of the molecule is CCCCCCC(CCCCCC)CCCCC(C)C. The fraction of sp³-hybridized carbons (Fsp3) is 1.00. The molecule has 0 aromatic rings. The summed E-state index contributed by atoms with van der Waals surface area (Å²) in [6, 6.07) is 0. The van der Waals surface area contributed by atoms with E-state index < -0.39 is 0 Å². The molecular weight excluding hydrogens is 240 g/mol. The first-order valence-corrected chi connectivity index (χ1v) is 9.70. The average molecular weight is 283 g/mol. The van der Waals surface area contributed by atoms with Gasteiger partial charge in [-0.1, -0.05) is 118 Å². The average Bonchev–Trinajstić information content (AvgIpc) is 2.43. The Hall–Kier alpha value is 0. The molecule has 0 aliphatic carbocycles. The minimum atomic E-state index is 0.891. The van der Waals surface area contributed by atoms with Gasteiger partial charge in [0.2, 0.25) is 0 Å². The number of hydrogen-bond acceptors (Lipinski definition) is 0. The van der Waals surface area contributed by atoms with Crippen LogP contribution in [0.4, 0.5) is 0 Å². The van der Waals surface area contributed by atoms with Crippen LogP contribution in [0.5, 0.6) is 0 Å². The molecule has 0 heteroatoms. The summed E-state index contributed by atoms with van der Waals surface area (Å²) in [4.78, 5) is 0. The lowest BCUT2D eigenvalue weighted by Gasteiger charge is -2.17. The lowest BCUT2D eigenvalue weighted by molar-refractivity contribution is 0.363. The molecule has 20 heavy (non-hydrogen) atoms. The van der Waals surface area contributed by atoms with Crippen LogP contribution in [-0.2, 0) is 0 Å². The van der Waals surface area contributed by atoms with Crippen molar-refractivity contribution in [3.05, 3.63) is 0 Å². The summed E-state index contributed by atoms with van der Waals surface area (Å²) in [5, 5.41) is 0. The Kier molecular flexibility index (Phi) is 15.4. The van der Waals surface area contributed by atoms with Crippen molar-refractivity contribution in [3.63, 3.8) is 0 Å². The molecule has 0 rings (SSSR count). The Labute approximate surface area is 130 Å². The lowest BCUT2D eigenvalue weighted by Crippen LogP contribution is -2.02. The quantitative estimate of drug-likeness (QED) is 0.269. The van der Waals surface area contributed by atoms with Crippen molar-refractivity contribution in [2.45, 2.75) is 118 Å². The summed E-state index contributed by atoms with van der Waals surface area (Å²) in [7, 11) is 0. The van der Waals surface area contributed by atoms with Gasteiger partial charge < -0.3 is 0 Å². The molecule has 0 fully saturated rings. The second kappa shape index (κ2) is 15.4. The van der Waals surface area contributed by atoms with E-state index in [0.29, 0.717) is 0 Å². The van der Waals surface area contributed by atoms with Crippen molar-refractivity contribution in [2.75, 3.05) is 0 Å². The van der Waals surface area contributed by atoms with Crippen LogP contribution in [0.1, 0.15) is 118 Å². The van der Waals surface area contributed by atoms with E-state index in [1.807, 2.05) is 0 Å². The topological polar surface area (TPSA) is 0 Å². The van der Waals surface area contributed by atoms with Gasteiger partial charge in [0.1, 0.15) is 0 Å². The van der Waals surface area contributed by atoms with Gasteiger partial charge in [0, 0.05) is 0 Å². The van der Waals surface area contributed by atoms with Crippen molar-refractivity contribution in [3.8, 4) is 0 Å². The molecule has 0 heterocycles. The Morgan fingerprint density at radius 2 is 0.900 bits per heavy atom. The summed E-state index contributed by atoms with van der Waals surface area (Å²) in [5.41, 5.74) is 0. The summed E-state index contributed by atoms with van der Waals surface area (Å²) >= 11 is 0. The second-order valence-corrected chi connectivity index (χ2v) is 7.24. The van der Waals surface area contributed by atoms with Crippen LogP contribution in [-0.4, -0.2) is 0 Å². The van der Waals surface area contributed by atoms with Crippen molar-refractivity contribution >= 4 is 0 Å². The smallest absolute Gasteiger partial charge is 0.0414 e. The summed E-state index contributed by atoms with van der Waals surface area (Å²) < 4.78 is 0. The van der Waals surface area contributed by atoms with Gasteiger partial charge in [-0.05, 0) is 11.8 Å². The molecule has 0 aliphatic heterocycles. The van der Waals surface area contributed by atoms with Crippen LogP contribution in [0.2, 0.25) is 0 Å². The predicted molar refractivity (Wildman–Crippen MR) is 94.3 cm³/mol. The third kappa shape index (κ3) is 14.4. The third-order valence-electron chi connectivity index (χ3n) is 4.58. The zero-order valence-corrected chi connectivity index (χ0v) is 15.1. The van der Waals surface area contributed by atoms with E-state index in [2.05, 4.69) is 27.7 Å². The molecule has 0 aromatic heterocycles. The molecule has 0 nitrogen and oxygen atoms in total. The molecular formula is C20H42. The zero-order valence-electron chi connectivity index (χ0n) is 15.1. The zero-order chi connectivity index (χ0) is 15.1. The van der Waals surface area contributed by atoms with E-state index in [0.717, 1.165) is 11.8 Å². The fourth-order valence-electron chi connectivity index (χ4n) is 3.14. The minimum Gasteiger partial charge on any atom is -0.0654 e. The summed E-state index contributed by atoms with van der Waals surface area (Å²) in [5.74, 6) is 1.93. The summed E-state index contributed by atoms with van der Waals surface area (Å²) in [6.07, 6.45) is 20.4. The second-order valence-electron chi connectivity index (χ2n) is 7.24. The molecule has 0 aliphatic rings. The molecule has 0 atom stereocenters. The molecule has 0 N–H and O–H groups in total. The molecule has 0 saturated carbocycles. The van der Waals surface area contributed by atoms with Gasteiger partial charge in [-0.25, -0.2) is 0 Å². The maximum absolute atomic E-state index is 2.35. The van der Waals surface area contributed by atoms with Gasteiger partial charge in [0.15, 0.2) is 0 Å². The Morgan fingerprint density at radius 1 is 0.500 bits per heavy atom. The van der Waals surface area contributed by atoms with E-state index in [1.165, 1.54) is 89.9 Å². The number of unbranched alkanes of at least 4 members (excludes halogenated alkanes) is 7. The van der Waals surface area contributed by atoms with E-state index in [1.54, 1.807) is 0 Å². The molecule has 0 saturated heterocycles. The van der Waals surface area contributed by atoms with Gasteiger partial charge in [0.05, 0.1) is 0 Å². The molecule has 0 aromatic carbocycles.